The summed E-state index contributed by atoms with van der Waals surface area (Å²) in [5.41, 5.74) is 2.26. The molecule has 116 valence electrons. The van der Waals surface area contributed by atoms with Crippen LogP contribution in [0.2, 0.25) is 0 Å². The number of fused-ring (bicyclic) bond motifs is 1. The maximum absolute atomic E-state index is 12.6. The number of hydrogen-bond donors (Lipinski definition) is 1. The fourth-order valence-electron chi connectivity index (χ4n) is 2.50. The molecule has 0 unspecified atom stereocenters. The van der Waals surface area contributed by atoms with Crippen LogP contribution in [-0.4, -0.2) is 36.6 Å². The maximum atomic E-state index is 12.6. The van der Waals surface area contributed by atoms with Crippen LogP contribution in [-0.2, 0) is 6.42 Å². The molecule has 0 fully saturated rings. The molecular formula is C15H19F3N2O. The Bertz CT molecular complexity index is 526. The second-order valence-electron chi connectivity index (χ2n) is 5.74. The molecule has 0 saturated carbocycles. The van der Waals surface area contributed by atoms with Crippen LogP contribution in [0, 0.1) is 5.92 Å². The first-order chi connectivity index (χ1) is 9.76. The van der Waals surface area contributed by atoms with E-state index in [-0.39, 0.29) is 12.5 Å². The summed E-state index contributed by atoms with van der Waals surface area (Å²) in [6.45, 7) is 3.27. The molecule has 6 heteroatoms. The number of amides is 1. The van der Waals surface area contributed by atoms with Gasteiger partial charge in [0.25, 0.3) is 5.91 Å². The van der Waals surface area contributed by atoms with E-state index in [2.05, 4.69) is 5.32 Å². The lowest BCUT2D eigenvalue weighted by Gasteiger charge is -2.26. The SMILES string of the molecule is CC(C)CN(CC(F)(F)F)C(=O)c1ccc2c(c1)CCN2. The monoisotopic (exact) mass is 300 g/mol. The third kappa shape index (κ3) is 4.12. The molecule has 1 N–H and O–H groups in total. The number of anilines is 1. The van der Waals surface area contributed by atoms with Crippen LogP contribution in [0.15, 0.2) is 18.2 Å². The average molecular weight is 300 g/mol. The van der Waals surface area contributed by atoms with Crippen molar-refractivity contribution in [3.63, 3.8) is 0 Å². The van der Waals surface area contributed by atoms with Crippen LogP contribution in [0.1, 0.15) is 29.8 Å². The van der Waals surface area contributed by atoms with E-state index >= 15 is 0 Å². The number of nitrogens with zero attached hydrogens (tertiary/aromatic N) is 1. The van der Waals surface area contributed by atoms with Crippen molar-refractivity contribution in [2.45, 2.75) is 26.4 Å². The number of nitrogens with one attached hydrogen (secondary N) is 1. The van der Waals surface area contributed by atoms with E-state index in [0.29, 0.717) is 5.56 Å². The van der Waals surface area contributed by atoms with Gasteiger partial charge in [-0.2, -0.15) is 13.2 Å². The number of carbonyl (C=O) groups excluding carboxylic acids is 1. The Morgan fingerprint density at radius 2 is 2.10 bits per heavy atom. The number of rotatable bonds is 4. The van der Waals surface area contributed by atoms with E-state index in [9.17, 15) is 18.0 Å². The number of benzene rings is 1. The fourth-order valence-corrected chi connectivity index (χ4v) is 2.50. The summed E-state index contributed by atoms with van der Waals surface area (Å²) in [5.74, 6) is -0.580. The molecule has 1 heterocycles. The standard InChI is InChI=1S/C15H19F3N2O/c1-10(2)8-20(9-15(16,17)18)14(21)12-3-4-13-11(7-12)5-6-19-13/h3-4,7,10,19H,5-6,8-9H2,1-2H3. The van der Waals surface area contributed by atoms with Gasteiger partial charge < -0.3 is 10.2 Å². The Morgan fingerprint density at radius 1 is 1.38 bits per heavy atom. The second-order valence-corrected chi connectivity index (χ2v) is 5.74. The highest BCUT2D eigenvalue weighted by molar-refractivity contribution is 5.95. The molecule has 1 aromatic rings. The van der Waals surface area contributed by atoms with Gasteiger partial charge in [0, 0.05) is 24.3 Å². The summed E-state index contributed by atoms with van der Waals surface area (Å²) < 4.78 is 37.9. The van der Waals surface area contributed by atoms with Crippen LogP contribution >= 0.6 is 0 Å². The molecule has 0 aliphatic carbocycles. The summed E-state index contributed by atoms with van der Waals surface area (Å²) in [5, 5.41) is 3.16. The highest BCUT2D eigenvalue weighted by atomic mass is 19.4. The topological polar surface area (TPSA) is 32.3 Å². The molecule has 0 atom stereocenters. The first-order valence-electron chi connectivity index (χ1n) is 6.99. The Labute approximate surface area is 122 Å². The zero-order valence-electron chi connectivity index (χ0n) is 12.1. The molecule has 0 bridgehead atoms. The lowest BCUT2D eigenvalue weighted by Crippen LogP contribution is -2.41. The molecule has 2 rings (SSSR count). The van der Waals surface area contributed by atoms with Crippen LogP contribution in [0.5, 0.6) is 0 Å². The van der Waals surface area contributed by atoms with Crippen LogP contribution in [0.4, 0.5) is 18.9 Å². The van der Waals surface area contributed by atoms with Crippen molar-refractivity contribution >= 4 is 11.6 Å². The summed E-state index contributed by atoms with van der Waals surface area (Å²) in [4.78, 5) is 13.2. The number of hydrogen-bond acceptors (Lipinski definition) is 2. The quantitative estimate of drug-likeness (QED) is 0.925. The molecule has 0 spiro atoms. The highest BCUT2D eigenvalue weighted by Crippen LogP contribution is 2.25. The van der Waals surface area contributed by atoms with Crippen molar-refractivity contribution in [3.05, 3.63) is 29.3 Å². The van der Waals surface area contributed by atoms with Crippen molar-refractivity contribution in [2.24, 2.45) is 5.92 Å². The molecule has 3 nitrogen and oxygen atoms in total. The van der Waals surface area contributed by atoms with Gasteiger partial charge >= 0.3 is 6.18 Å². The van der Waals surface area contributed by atoms with Crippen molar-refractivity contribution < 1.29 is 18.0 Å². The van der Waals surface area contributed by atoms with Gasteiger partial charge in [-0.1, -0.05) is 13.8 Å². The van der Waals surface area contributed by atoms with Gasteiger partial charge in [-0.3, -0.25) is 4.79 Å². The third-order valence-electron chi connectivity index (χ3n) is 3.30. The molecule has 1 amide bonds. The van der Waals surface area contributed by atoms with E-state index in [4.69, 9.17) is 0 Å². The summed E-state index contributed by atoms with van der Waals surface area (Å²) >= 11 is 0. The number of carbonyl (C=O) groups is 1. The second kappa shape index (κ2) is 5.95. The molecule has 1 aliphatic heterocycles. The van der Waals surface area contributed by atoms with Crippen LogP contribution in [0.25, 0.3) is 0 Å². The zero-order valence-corrected chi connectivity index (χ0v) is 12.1. The summed E-state index contributed by atoms with van der Waals surface area (Å²) in [6.07, 6.45) is -3.59. The molecule has 0 radical (unpaired) electrons. The van der Waals surface area contributed by atoms with Crippen molar-refractivity contribution in [2.75, 3.05) is 25.0 Å². The lowest BCUT2D eigenvalue weighted by atomic mass is 10.1. The van der Waals surface area contributed by atoms with Crippen LogP contribution < -0.4 is 5.32 Å². The molecule has 0 aromatic heterocycles. The Morgan fingerprint density at radius 3 is 2.71 bits per heavy atom. The summed E-state index contributed by atoms with van der Waals surface area (Å²) in [6, 6.07) is 5.04. The molecular weight excluding hydrogens is 281 g/mol. The first kappa shape index (κ1) is 15.7. The lowest BCUT2D eigenvalue weighted by molar-refractivity contribution is -0.141. The van der Waals surface area contributed by atoms with Gasteiger partial charge in [0.1, 0.15) is 6.54 Å². The predicted octanol–water partition coefficient (Wildman–Crippen LogP) is 3.32. The Balaban J connectivity index is 2.20. The minimum Gasteiger partial charge on any atom is -0.384 e. The molecule has 0 saturated heterocycles. The smallest absolute Gasteiger partial charge is 0.384 e. The van der Waals surface area contributed by atoms with Gasteiger partial charge in [0.2, 0.25) is 0 Å². The van der Waals surface area contributed by atoms with Gasteiger partial charge in [-0.15, -0.1) is 0 Å². The van der Waals surface area contributed by atoms with Gasteiger partial charge in [-0.05, 0) is 36.1 Å². The van der Waals surface area contributed by atoms with E-state index in [1.54, 1.807) is 32.0 Å². The van der Waals surface area contributed by atoms with E-state index in [1.807, 2.05) is 0 Å². The zero-order chi connectivity index (χ0) is 15.6. The van der Waals surface area contributed by atoms with E-state index in [1.165, 1.54) is 0 Å². The van der Waals surface area contributed by atoms with Gasteiger partial charge in [-0.25, -0.2) is 0 Å². The van der Waals surface area contributed by atoms with Crippen molar-refractivity contribution in [1.82, 2.24) is 4.90 Å². The van der Waals surface area contributed by atoms with Crippen molar-refractivity contribution in [3.8, 4) is 0 Å². The largest absolute Gasteiger partial charge is 0.406 e. The van der Waals surface area contributed by atoms with Crippen molar-refractivity contribution in [1.29, 1.82) is 0 Å². The van der Waals surface area contributed by atoms with E-state index < -0.39 is 18.6 Å². The number of halogens is 3. The average Bonchev–Trinajstić information content (AvgIpc) is 2.81. The Kier molecular flexibility index (Phi) is 4.44. The molecule has 1 aromatic carbocycles. The third-order valence-corrected chi connectivity index (χ3v) is 3.30. The van der Waals surface area contributed by atoms with Crippen LogP contribution in [0.3, 0.4) is 0 Å². The minimum atomic E-state index is -4.39. The van der Waals surface area contributed by atoms with Gasteiger partial charge in [0.05, 0.1) is 0 Å². The fraction of sp³-hybridized carbons (Fsp3) is 0.533. The summed E-state index contributed by atoms with van der Waals surface area (Å²) in [7, 11) is 0. The first-order valence-corrected chi connectivity index (χ1v) is 6.99. The maximum Gasteiger partial charge on any atom is 0.406 e. The molecule has 1 aliphatic rings. The molecule has 21 heavy (non-hydrogen) atoms. The highest BCUT2D eigenvalue weighted by Gasteiger charge is 2.33. The predicted molar refractivity (Wildman–Crippen MR) is 75.4 cm³/mol. The Hall–Kier alpha value is -1.72. The van der Waals surface area contributed by atoms with Gasteiger partial charge in [0.15, 0.2) is 0 Å². The van der Waals surface area contributed by atoms with E-state index in [0.717, 1.165) is 29.1 Å². The minimum absolute atomic E-state index is 0.0209. The normalized spacial score (nSPS) is 14.0. The number of alkyl halides is 3.